The minimum absolute atomic E-state index is 0.0273. The van der Waals surface area contributed by atoms with Crippen LogP contribution in [0.3, 0.4) is 0 Å². The monoisotopic (exact) mass is 578 g/mol. The molecule has 9 nitrogen and oxygen atoms in total. The van der Waals surface area contributed by atoms with E-state index in [2.05, 4.69) is 49.4 Å². The van der Waals surface area contributed by atoms with Crippen LogP contribution in [0.5, 0.6) is 6.01 Å². The number of hydrogen-bond donors (Lipinski definition) is 2. The maximum absolute atomic E-state index is 16.6. The number of hydrogen-bond acceptors (Lipinski definition) is 8. The second kappa shape index (κ2) is 10.0. The van der Waals surface area contributed by atoms with Crippen LogP contribution in [0.1, 0.15) is 50.5 Å². The maximum atomic E-state index is 16.6. The van der Waals surface area contributed by atoms with Crippen LogP contribution in [-0.4, -0.2) is 86.4 Å². The lowest BCUT2D eigenvalue weighted by Gasteiger charge is -2.47. The van der Waals surface area contributed by atoms with Crippen molar-refractivity contribution in [3.05, 3.63) is 34.9 Å². The molecular weight excluding hydrogens is 543 g/mol. The van der Waals surface area contributed by atoms with Gasteiger partial charge in [0.05, 0.1) is 22.6 Å². The van der Waals surface area contributed by atoms with Crippen molar-refractivity contribution in [2.24, 2.45) is 0 Å². The van der Waals surface area contributed by atoms with Gasteiger partial charge in [-0.25, -0.2) is 4.39 Å². The number of nitrogens with one attached hydrogen (secondary N) is 2. The van der Waals surface area contributed by atoms with Gasteiger partial charge < -0.3 is 15.0 Å². The van der Waals surface area contributed by atoms with E-state index >= 15 is 4.39 Å². The summed E-state index contributed by atoms with van der Waals surface area (Å²) in [6.45, 7) is 5.27. The maximum Gasteiger partial charge on any atom is 0.319 e. The van der Waals surface area contributed by atoms with E-state index in [1.807, 2.05) is 6.92 Å². The lowest BCUT2D eigenvalue weighted by Crippen LogP contribution is -2.54. The predicted molar refractivity (Wildman–Crippen MR) is 159 cm³/mol. The highest BCUT2D eigenvalue weighted by molar-refractivity contribution is 6.32. The van der Waals surface area contributed by atoms with Crippen molar-refractivity contribution < 1.29 is 9.13 Å². The van der Waals surface area contributed by atoms with E-state index in [0.29, 0.717) is 34.9 Å². The summed E-state index contributed by atoms with van der Waals surface area (Å²) in [7, 11) is 4.22. The number of aromatic amines is 1. The van der Waals surface area contributed by atoms with Crippen molar-refractivity contribution in [1.82, 2.24) is 34.9 Å². The number of likely N-dealkylation sites (N-methyl/N-ethyl adjacent to an activating group) is 1. The number of rotatable bonds is 8. The largest absolute Gasteiger partial charge is 0.461 e. The third-order valence-electron chi connectivity index (χ3n) is 9.94. The number of ether oxygens (including phenoxy) is 1. The molecule has 2 N–H and O–H groups in total. The Balaban J connectivity index is 1.32. The summed E-state index contributed by atoms with van der Waals surface area (Å²) in [4.78, 5) is 18.9. The van der Waals surface area contributed by atoms with Crippen LogP contribution >= 0.6 is 11.6 Å². The molecule has 1 saturated carbocycles. The van der Waals surface area contributed by atoms with E-state index in [1.54, 1.807) is 18.5 Å². The lowest BCUT2D eigenvalue weighted by molar-refractivity contribution is 0.0738. The summed E-state index contributed by atoms with van der Waals surface area (Å²) in [6, 6.07) is 1.99. The van der Waals surface area contributed by atoms with Gasteiger partial charge in [0.15, 0.2) is 5.82 Å². The van der Waals surface area contributed by atoms with Gasteiger partial charge in [0, 0.05) is 34.3 Å². The van der Waals surface area contributed by atoms with Crippen LogP contribution in [0.2, 0.25) is 5.02 Å². The molecule has 0 amide bonds. The smallest absolute Gasteiger partial charge is 0.319 e. The number of halogens is 2. The first-order valence-corrected chi connectivity index (χ1v) is 15.0. The first kappa shape index (κ1) is 26.8. The highest BCUT2D eigenvalue weighted by Crippen LogP contribution is 2.41. The van der Waals surface area contributed by atoms with E-state index < -0.39 is 5.82 Å². The molecule has 4 aromatic rings. The van der Waals surface area contributed by atoms with Gasteiger partial charge in [-0.1, -0.05) is 11.6 Å². The Morgan fingerprint density at radius 2 is 1.88 bits per heavy atom. The molecule has 216 valence electrons. The van der Waals surface area contributed by atoms with E-state index in [4.69, 9.17) is 21.3 Å². The second-order valence-corrected chi connectivity index (χ2v) is 12.7. The average molecular weight is 579 g/mol. The fourth-order valence-corrected chi connectivity index (χ4v) is 7.36. The molecule has 1 aliphatic carbocycles. The van der Waals surface area contributed by atoms with Gasteiger partial charge >= 0.3 is 6.01 Å². The quantitative estimate of drug-likeness (QED) is 0.280. The van der Waals surface area contributed by atoms with Crippen molar-refractivity contribution >= 4 is 39.2 Å². The van der Waals surface area contributed by atoms with Gasteiger partial charge in [-0.15, -0.1) is 0 Å². The van der Waals surface area contributed by atoms with E-state index in [0.717, 1.165) is 55.2 Å². The minimum Gasteiger partial charge on any atom is -0.461 e. The lowest BCUT2D eigenvalue weighted by atomic mass is 9.75. The molecular formula is C30H36ClFN8O. The summed E-state index contributed by atoms with van der Waals surface area (Å²) in [5, 5.41) is 12.4. The van der Waals surface area contributed by atoms with Gasteiger partial charge in [-0.2, -0.15) is 15.1 Å². The van der Waals surface area contributed by atoms with Crippen LogP contribution in [-0.2, 0) is 0 Å². The average Bonchev–Trinajstić information content (AvgIpc) is 3.64. The molecule has 0 bridgehead atoms. The van der Waals surface area contributed by atoms with E-state index in [9.17, 15) is 0 Å². The Kier molecular flexibility index (Phi) is 6.55. The van der Waals surface area contributed by atoms with Gasteiger partial charge in [-0.3, -0.25) is 15.0 Å². The molecule has 11 heteroatoms. The number of nitrogens with zero attached hydrogens (tertiary/aromatic N) is 6. The van der Waals surface area contributed by atoms with Gasteiger partial charge in [0.2, 0.25) is 0 Å². The molecule has 2 saturated heterocycles. The Morgan fingerprint density at radius 3 is 2.59 bits per heavy atom. The number of aromatic nitrogens is 5. The standard InChI is InChI=1S/C30H36ClFN8O/c1-18-21(31)13-22-19(15-35-38-22)23(18)26-24(32)25-20(14-33-26)27(34-16-29(39(2)3)7-4-8-29)37-28(36-25)41-17-30-9-5-11-40(30)12-6-10-30/h13-15H,4-12,16-17H2,1-3H3,(H,35,38)(H,34,36,37). The zero-order valence-corrected chi connectivity index (χ0v) is 24.6. The number of pyridine rings is 1. The zero-order valence-electron chi connectivity index (χ0n) is 23.9. The number of benzene rings is 1. The number of H-pyrrole nitrogens is 1. The van der Waals surface area contributed by atoms with Crippen LogP contribution in [0.15, 0.2) is 18.5 Å². The van der Waals surface area contributed by atoms with Crippen molar-refractivity contribution in [2.45, 2.75) is 62.9 Å². The molecule has 3 aliphatic rings. The molecule has 0 radical (unpaired) electrons. The van der Waals surface area contributed by atoms with Gasteiger partial charge in [0.25, 0.3) is 0 Å². The molecule has 1 aromatic carbocycles. The summed E-state index contributed by atoms with van der Waals surface area (Å²) >= 11 is 6.53. The molecule has 3 aromatic heterocycles. The second-order valence-electron chi connectivity index (χ2n) is 12.3. The van der Waals surface area contributed by atoms with Crippen LogP contribution in [0, 0.1) is 12.7 Å². The Hall–Kier alpha value is -3.08. The molecule has 5 heterocycles. The van der Waals surface area contributed by atoms with Crippen LogP contribution in [0.4, 0.5) is 10.2 Å². The van der Waals surface area contributed by atoms with Crippen molar-refractivity contribution in [1.29, 1.82) is 0 Å². The summed E-state index contributed by atoms with van der Waals surface area (Å²) in [5.41, 5.74) is 2.48. The Bertz CT molecular complexity index is 1620. The Morgan fingerprint density at radius 1 is 1.10 bits per heavy atom. The fourth-order valence-electron chi connectivity index (χ4n) is 7.15. The van der Waals surface area contributed by atoms with Gasteiger partial charge in [-0.05, 0) is 90.7 Å². The van der Waals surface area contributed by atoms with Crippen LogP contribution in [0.25, 0.3) is 33.1 Å². The summed E-state index contributed by atoms with van der Waals surface area (Å²) in [5.74, 6) is 0.0118. The number of anilines is 1. The normalized spacial score (nSPS) is 19.7. The third kappa shape index (κ3) is 4.33. The molecule has 0 unspecified atom stereocenters. The van der Waals surface area contributed by atoms with Crippen molar-refractivity contribution in [2.75, 3.05) is 45.7 Å². The van der Waals surface area contributed by atoms with Crippen molar-refractivity contribution in [3.8, 4) is 17.3 Å². The highest BCUT2D eigenvalue weighted by atomic mass is 35.5. The van der Waals surface area contributed by atoms with Gasteiger partial charge in [0.1, 0.15) is 23.6 Å². The highest BCUT2D eigenvalue weighted by Gasteiger charge is 2.45. The summed E-state index contributed by atoms with van der Waals surface area (Å²) in [6.07, 6.45) is 11.3. The third-order valence-corrected chi connectivity index (χ3v) is 10.3. The predicted octanol–water partition coefficient (Wildman–Crippen LogP) is 5.57. The molecule has 2 aliphatic heterocycles. The van der Waals surface area contributed by atoms with Crippen LogP contribution < -0.4 is 10.1 Å². The Labute approximate surface area is 243 Å². The first-order chi connectivity index (χ1) is 19.8. The fraction of sp³-hybridized carbons (Fsp3) is 0.533. The van der Waals surface area contributed by atoms with Crippen molar-refractivity contribution in [3.63, 3.8) is 0 Å². The minimum atomic E-state index is -0.529. The zero-order chi connectivity index (χ0) is 28.4. The molecule has 7 rings (SSSR count). The topological polar surface area (TPSA) is 95.1 Å². The number of fused-ring (bicyclic) bond motifs is 3. The van der Waals surface area contributed by atoms with E-state index in [-0.39, 0.29) is 28.3 Å². The molecule has 41 heavy (non-hydrogen) atoms. The SMILES string of the molecule is Cc1c(Cl)cc2[nH]ncc2c1-c1ncc2c(NCC3(N(C)C)CCC3)nc(OCC34CCCN3CCC4)nc2c1F. The molecule has 0 atom stereocenters. The molecule has 3 fully saturated rings. The molecule has 0 spiro atoms. The van der Waals surface area contributed by atoms with E-state index in [1.165, 1.54) is 19.3 Å². The summed E-state index contributed by atoms with van der Waals surface area (Å²) < 4.78 is 22.9. The first-order valence-electron chi connectivity index (χ1n) is 14.6.